The van der Waals surface area contributed by atoms with E-state index in [0.29, 0.717) is 24.7 Å². The van der Waals surface area contributed by atoms with Crippen LogP contribution in [0.15, 0.2) is 16.6 Å². The van der Waals surface area contributed by atoms with Crippen molar-refractivity contribution in [1.29, 1.82) is 0 Å². The van der Waals surface area contributed by atoms with Crippen LogP contribution in [0, 0.1) is 11.8 Å². The zero-order valence-electron chi connectivity index (χ0n) is 10.0. The molecule has 0 atom stereocenters. The lowest BCUT2D eigenvalue weighted by molar-refractivity contribution is 0.328. The van der Waals surface area contributed by atoms with Crippen molar-refractivity contribution < 1.29 is 9.47 Å². The molecule has 2 N–H and O–H groups in total. The van der Waals surface area contributed by atoms with Crippen molar-refractivity contribution in [2.75, 3.05) is 20.3 Å². The molecule has 0 radical (unpaired) electrons. The second-order valence-corrected chi connectivity index (χ2v) is 4.22. The van der Waals surface area contributed by atoms with E-state index in [-0.39, 0.29) is 0 Å². The molecule has 4 heteroatoms. The second kappa shape index (κ2) is 7.21. The summed E-state index contributed by atoms with van der Waals surface area (Å²) >= 11 is 3.47. The summed E-state index contributed by atoms with van der Waals surface area (Å²) in [6, 6.07) is 3.93. The van der Waals surface area contributed by atoms with Gasteiger partial charge in [0.1, 0.15) is 6.61 Å². The predicted molar refractivity (Wildman–Crippen MR) is 72.4 cm³/mol. The third-order valence-corrected chi connectivity index (χ3v) is 2.78. The fraction of sp³-hybridized carbons (Fsp3) is 0.385. The smallest absolute Gasteiger partial charge is 0.176 e. The highest BCUT2D eigenvalue weighted by atomic mass is 79.9. The largest absolute Gasteiger partial charge is 0.493 e. The summed E-state index contributed by atoms with van der Waals surface area (Å²) in [5, 5.41) is 0. The number of rotatable bonds is 5. The number of benzene rings is 1. The van der Waals surface area contributed by atoms with Gasteiger partial charge in [-0.1, -0.05) is 5.92 Å². The quantitative estimate of drug-likeness (QED) is 0.849. The minimum atomic E-state index is 0.349. The van der Waals surface area contributed by atoms with Crippen LogP contribution in [0.4, 0.5) is 0 Å². The highest BCUT2D eigenvalue weighted by Gasteiger charge is 2.10. The second-order valence-electron chi connectivity index (χ2n) is 3.36. The fourth-order valence-corrected chi connectivity index (χ4v) is 2.01. The number of ether oxygens (including phenoxy) is 2. The van der Waals surface area contributed by atoms with Gasteiger partial charge in [0.05, 0.1) is 11.6 Å². The highest BCUT2D eigenvalue weighted by molar-refractivity contribution is 9.10. The first-order valence-electron chi connectivity index (χ1n) is 5.31. The van der Waals surface area contributed by atoms with Gasteiger partial charge in [0.15, 0.2) is 11.5 Å². The molecule has 0 heterocycles. The minimum absolute atomic E-state index is 0.349. The zero-order valence-corrected chi connectivity index (χ0v) is 11.6. The van der Waals surface area contributed by atoms with Crippen LogP contribution < -0.4 is 15.2 Å². The maximum atomic E-state index is 5.56. The number of methoxy groups -OCH3 is 1. The van der Waals surface area contributed by atoms with E-state index in [1.807, 2.05) is 12.1 Å². The summed E-state index contributed by atoms with van der Waals surface area (Å²) in [7, 11) is 1.62. The molecule has 0 aliphatic carbocycles. The van der Waals surface area contributed by atoms with Crippen molar-refractivity contribution >= 4 is 15.9 Å². The average Bonchev–Trinajstić information content (AvgIpc) is 2.32. The van der Waals surface area contributed by atoms with Gasteiger partial charge in [-0.05, 0) is 53.5 Å². The zero-order chi connectivity index (χ0) is 12.7. The van der Waals surface area contributed by atoms with Gasteiger partial charge in [0.2, 0.25) is 0 Å². The van der Waals surface area contributed by atoms with E-state index in [0.717, 1.165) is 16.5 Å². The van der Waals surface area contributed by atoms with Crippen LogP contribution in [-0.4, -0.2) is 20.3 Å². The van der Waals surface area contributed by atoms with Crippen LogP contribution in [0.2, 0.25) is 0 Å². The van der Waals surface area contributed by atoms with E-state index < -0.39 is 0 Å². The first kappa shape index (κ1) is 13.9. The van der Waals surface area contributed by atoms with Gasteiger partial charge >= 0.3 is 0 Å². The molecule has 0 saturated carbocycles. The Bertz CT molecular complexity index is 435. The van der Waals surface area contributed by atoms with Gasteiger partial charge < -0.3 is 15.2 Å². The van der Waals surface area contributed by atoms with E-state index in [1.165, 1.54) is 0 Å². The van der Waals surface area contributed by atoms with E-state index in [2.05, 4.69) is 27.8 Å². The highest BCUT2D eigenvalue weighted by Crippen LogP contribution is 2.36. The molecule has 1 rings (SSSR count). The molecule has 0 aliphatic heterocycles. The van der Waals surface area contributed by atoms with Crippen LogP contribution in [-0.2, 0) is 6.42 Å². The van der Waals surface area contributed by atoms with Crippen LogP contribution in [0.1, 0.15) is 12.5 Å². The fourth-order valence-electron chi connectivity index (χ4n) is 1.40. The normalized spacial score (nSPS) is 9.41. The topological polar surface area (TPSA) is 44.5 Å². The maximum absolute atomic E-state index is 5.56. The monoisotopic (exact) mass is 297 g/mol. The summed E-state index contributed by atoms with van der Waals surface area (Å²) in [6.07, 6.45) is 0.810. The van der Waals surface area contributed by atoms with Crippen molar-refractivity contribution in [2.45, 2.75) is 13.3 Å². The Kier molecular flexibility index (Phi) is 5.88. The summed E-state index contributed by atoms with van der Waals surface area (Å²) in [5.41, 5.74) is 6.65. The first-order chi connectivity index (χ1) is 8.22. The SMILES string of the molecule is CC#CCOc1c(Br)cc(CCN)cc1OC. The van der Waals surface area contributed by atoms with Gasteiger partial charge in [-0.2, -0.15) is 0 Å². The van der Waals surface area contributed by atoms with Crippen LogP contribution in [0.25, 0.3) is 0 Å². The first-order valence-corrected chi connectivity index (χ1v) is 6.11. The lowest BCUT2D eigenvalue weighted by Crippen LogP contribution is -2.04. The Morgan fingerprint density at radius 1 is 1.41 bits per heavy atom. The van der Waals surface area contributed by atoms with E-state index in [1.54, 1.807) is 14.0 Å². The van der Waals surface area contributed by atoms with Crippen molar-refractivity contribution in [1.82, 2.24) is 0 Å². The summed E-state index contributed by atoms with van der Waals surface area (Å²) < 4.78 is 11.7. The molecule has 0 aliphatic rings. The van der Waals surface area contributed by atoms with E-state index in [9.17, 15) is 0 Å². The Morgan fingerprint density at radius 2 is 2.18 bits per heavy atom. The Morgan fingerprint density at radius 3 is 2.76 bits per heavy atom. The summed E-state index contributed by atoms with van der Waals surface area (Å²) in [5.74, 6) is 7.00. The number of hydrogen-bond acceptors (Lipinski definition) is 3. The molecule has 0 bridgehead atoms. The molecule has 1 aromatic carbocycles. The van der Waals surface area contributed by atoms with Gasteiger partial charge in [0.25, 0.3) is 0 Å². The Hall–Kier alpha value is -1.18. The molecule has 0 spiro atoms. The number of nitrogens with two attached hydrogens (primary N) is 1. The number of halogens is 1. The molecule has 0 unspecified atom stereocenters. The third-order valence-electron chi connectivity index (χ3n) is 2.19. The summed E-state index contributed by atoms with van der Waals surface area (Å²) in [6.45, 7) is 2.73. The van der Waals surface area contributed by atoms with Crippen molar-refractivity contribution in [2.24, 2.45) is 5.73 Å². The standard InChI is InChI=1S/C13H16BrNO2/c1-3-4-7-17-13-11(14)8-10(5-6-15)9-12(13)16-2/h8-9H,5-7,15H2,1-2H3. The van der Waals surface area contributed by atoms with Crippen LogP contribution in [0.5, 0.6) is 11.5 Å². The van der Waals surface area contributed by atoms with Crippen molar-refractivity contribution in [3.05, 3.63) is 22.2 Å². The van der Waals surface area contributed by atoms with Gasteiger partial charge in [-0.3, -0.25) is 0 Å². The Labute approximate surface area is 110 Å². The summed E-state index contributed by atoms with van der Waals surface area (Å²) in [4.78, 5) is 0. The minimum Gasteiger partial charge on any atom is -0.493 e. The molecule has 1 aromatic rings. The molecule has 17 heavy (non-hydrogen) atoms. The van der Waals surface area contributed by atoms with Crippen LogP contribution in [0.3, 0.4) is 0 Å². The van der Waals surface area contributed by atoms with E-state index >= 15 is 0 Å². The number of hydrogen-bond donors (Lipinski definition) is 1. The average molecular weight is 298 g/mol. The third kappa shape index (κ3) is 3.95. The molecule has 0 amide bonds. The Balaban J connectivity index is 2.97. The molecular formula is C13H16BrNO2. The van der Waals surface area contributed by atoms with Crippen LogP contribution >= 0.6 is 15.9 Å². The lowest BCUT2D eigenvalue weighted by Gasteiger charge is -2.12. The maximum Gasteiger partial charge on any atom is 0.176 e. The molecule has 0 saturated heterocycles. The van der Waals surface area contributed by atoms with Gasteiger partial charge in [-0.25, -0.2) is 0 Å². The van der Waals surface area contributed by atoms with Gasteiger partial charge in [-0.15, -0.1) is 5.92 Å². The molecule has 0 aromatic heterocycles. The molecule has 0 fully saturated rings. The lowest BCUT2D eigenvalue weighted by atomic mass is 10.1. The van der Waals surface area contributed by atoms with E-state index in [4.69, 9.17) is 15.2 Å². The molecule has 3 nitrogen and oxygen atoms in total. The predicted octanol–water partition coefficient (Wildman–Crippen LogP) is 2.36. The van der Waals surface area contributed by atoms with Crippen molar-refractivity contribution in [3.8, 4) is 23.3 Å². The van der Waals surface area contributed by atoms with Gasteiger partial charge in [0, 0.05) is 0 Å². The molecule has 92 valence electrons. The van der Waals surface area contributed by atoms with Crippen molar-refractivity contribution in [3.63, 3.8) is 0 Å². The molecular weight excluding hydrogens is 282 g/mol.